The van der Waals surface area contributed by atoms with Crippen LogP contribution in [0.1, 0.15) is 44.2 Å². The number of hydrogen-bond acceptors (Lipinski definition) is 6. The molecular formula is C32H39N7O3. The van der Waals surface area contributed by atoms with E-state index in [2.05, 4.69) is 19.6 Å². The topological polar surface area (TPSA) is 98.4 Å². The molecule has 10 nitrogen and oxygen atoms in total. The summed E-state index contributed by atoms with van der Waals surface area (Å²) < 4.78 is 10.00. The number of pyridine rings is 1. The molecule has 42 heavy (non-hydrogen) atoms. The van der Waals surface area contributed by atoms with Crippen LogP contribution in [-0.2, 0) is 22.6 Å². The number of carbonyl (C=O) groups is 2. The normalized spacial score (nSPS) is 15.7. The van der Waals surface area contributed by atoms with Crippen molar-refractivity contribution in [1.82, 2.24) is 34.1 Å². The van der Waals surface area contributed by atoms with Crippen LogP contribution < -0.4 is 4.74 Å². The van der Waals surface area contributed by atoms with Crippen LogP contribution in [0.3, 0.4) is 0 Å². The van der Waals surface area contributed by atoms with Crippen LogP contribution in [0.15, 0.2) is 79.6 Å². The van der Waals surface area contributed by atoms with E-state index in [0.717, 1.165) is 48.5 Å². The molecule has 4 aromatic rings. The van der Waals surface area contributed by atoms with E-state index in [4.69, 9.17) is 4.74 Å². The van der Waals surface area contributed by atoms with Crippen molar-refractivity contribution >= 4 is 11.8 Å². The molecule has 0 aliphatic carbocycles. The van der Waals surface area contributed by atoms with Crippen molar-refractivity contribution in [3.05, 3.63) is 85.2 Å². The average Bonchev–Trinajstić information content (AvgIpc) is 3.71. The zero-order chi connectivity index (χ0) is 29.1. The van der Waals surface area contributed by atoms with Gasteiger partial charge in [0.25, 0.3) is 0 Å². The van der Waals surface area contributed by atoms with Gasteiger partial charge in [-0.3, -0.25) is 19.3 Å². The van der Waals surface area contributed by atoms with E-state index in [0.29, 0.717) is 45.6 Å². The van der Waals surface area contributed by atoms with Gasteiger partial charge in [-0.2, -0.15) is 5.10 Å². The van der Waals surface area contributed by atoms with Crippen molar-refractivity contribution in [2.45, 2.75) is 51.6 Å². The first kappa shape index (κ1) is 29.0. The first-order valence-electron chi connectivity index (χ1n) is 14.8. The summed E-state index contributed by atoms with van der Waals surface area (Å²) >= 11 is 0. The maximum atomic E-state index is 13.8. The second kappa shape index (κ2) is 14.4. The SMILES string of the molecule is CCC(C(=O)N1CCCCN(C(=O)Cc2cccnc2)CCOc2cccc(c2)-c2nccn2CCC1)n1cccn1. The Kier molecular flexibility index (Phi) is 9.98. The van der Waals surface area contributed by atoms with E-state index < -0.39 is 0 Å². The first-order valence-corrected chi connectivity index (χ1v) is 14.8. The third-order valence-electron chi connectivity index (χ3n) is 7.63. The summed E-state index contributed by atoms with van der Waals surface area (Å²) in [4.78, 5) is 39.7. The van der Waals surface area contributed by atoms with Crippen molar-refractivity contribution in [3.63, 3.8) is 0 Å². The second-order valence-corrected chi connectivity index (χ2v) is 10.5. The molecule has 2 bridgehead atoms. The number of aryl methyl sites for hydroxylation is 1. The summed E-state index contributed by atoms with van der Waals surface area (Å²) in [5.74, 6) is 1.72. The first-order chi connectivity index (χ1) is 20.6. The number of amides is 2. The van der Waals surface area contributed by atoms with Crippen LogP contribution in [-0.4, -0.2) is 78.7 Å². The van der Waals surface area contributed by atoms with Crippen molar-refractivity contribution in [2.24, 2.45) is 0 Å². The van der Waals surface area contributed by atoms with Crippen LogP contribution in [0.25, 0.3) is 11.4 Å². The molecule has 1 aromatic carbocycles. The summed E-state index contributed by atoms with van der Waals surface area (Å²) in [5, 5.41) is 4.35. The maximum absolute atomic E-state index is 13.8. The van der Waals surface area contributed by atoms with E-state index in [9.17, 15) is 9.59 Å². The molecule has 2 amide bonds. The molecule has 5 rings (SSSR count). The summed E-state index contributed by atoms with van der Waals surface area (Å²) in [6.07, 6.45) is 14.1. The van der Waals surface area contributed by atoms with Gasteiger partial charge in [0.1, 0.15) is 24.2 Å². The van der Waals surface area contributed by atoms with Gasteiger partial charge in [0.2, 0.25) is 11.8 Å². The fourth-order valence-corrected chi connectivity index (χ4v) is 5.42. The van der Waals surface area contributed by atoms with Crippen molar-refractivity contribution < 1.29 is 14.3 Å². The monoisotopic (exact) mass is 569 g/mol. The Bertz CT molecular complexity index is 1420. The van der Waals surface area contributed by atoms with Gasteiger partial charge < -0.3 is 19.1 Å². The molecule has 0 radical (unpaired) electrons. The highest BCUT2D eigenvalue weighted by atomic mass is 16.5. The van der Waals surface area contributed by atoms with Gasteiger partial charge in [0.05, 0.1) is 13.0 Å². The van der Waals surface area contributed by atoms with Crippen LogP contribution in [0.2, 0.25) is 0 Å². The lowest BCUT2D eigenvalue weighted by Gasteiger charge is -2.28. The Morgan fingerprint density at radius 3 is 2.55 bits per heavy atom. The number of fused-ring (bicyclic) bond motifs is 4. The molecule has 220 valence electrons. The van der Waals surface area contributed by atoms with Gasteiger partial charge in [0, 0.05) is 68.9 Å². The van der Waals surface area contributed by atoms with Gasteiger partial charge in [0.15, 0.2) is 0 Å². The van der Waals surface area contributed by atoms with E-state index in [1.165, 1.54) is 0 Å². The van der Waals surface area contributed by atoms with Gasteiger partial charge in [-0.25, -0.2) is 4.98 Å². The van der Waals surface area contributed by atoms with Gasteiger partial charge in [-0.1, -0.05) is 25.1 Å². The maximum Gasteiger partial charge on any atom is 0.247 e. The molecule has 0 spiro atoms. The molecule has 0 saturated carbocycles. The van der Waals surface area contributed by atoms with E-state index >= 15 is 0 Å². The zero-order valence-corrected chi connectivity index (χ0v) is 24.2. The predicted octanol–water partition coefficient (Wildman–Crippen LogP) is 4.26. The van der Waals surface area contributed by atoms with Crippen molar-refractivity contribution in [1.29, 1.82) is 0 Å². The fraction of sp³-hybridized carbons (Fsp3) is 0.406. The number of benzene rings is 1. The minimum Gasteiger partial charge on any atom is -0.492 e. The molecule has 0 saturated heterocycles. The molecule has 3 aromatic heterocycles. The molecular weight excluding hydrogens is 530 g/mol. The number of aromatic nitrogens is 5. The second-order valence-electron chi connectivity index (χ2n) is 10.5. The highest BCUT2D eigenvalue weighted by Gasteiger charge is 2.25. The standard InChI is InChI=1S/C32H39N7O3/c1-2-29(39-19-7-13-35-39)32(41)38-16-4-3-15-36(30(40)23-26-9-6-12-33-25-26)21-22-42-28-11-5-10-27(24-28)31-34-14-20-37(31)17-8-18-38/h5-7,9-14,19-20,24-25,29H,2-4,8,15-18,21-23H2,1H3. The largest absolute Gasteiger partial charge is 0.492 e. The Balaban J connectivity index is 1.36. The lowest BCUT2D eigenvalue weighted by molar-refractivity contribution is -0.135. The predicted molar refractivity (Wildman–Crippen MR) is 160 cm³/mol. The minimum absolute atomic E-state index is 0.0398. The molecule has 1 aliphatic heterocycles. The van der Waals surface area contributed by atoms with Crippen molar-refractivity contribution in [2.75, 3.05) is 32.8 Å². The Labute approximate surface area is 246 Å². The molecule has 0 fully saturated rings. The highest BCUT2D eigenvalue weighted by Crippen LogP contribution is 2.23. The number of carbonyl (C=O) groups excluding carboxylic acids is 2. The number of hydrogen-bond donors (Lipinski definition) is 0. The Morgan fingerprint density at radius 1 is 0.905 bits per heavy atom. The third-order valence-corrected chi connectivity index (χ3v) is 7.63. The van der Waals surface area contributed by atoms with E-state index in [1.54, 1.807) is 29.5 Å². The third kappa shape index (κ3) is 7.43. The number of nitrogens with zero attached hydrogens (tertiary/aromatic N) is 7. The zero-order valence-electron chi connectivity index (χ0n) is 24.2. The smallest absolute Gasteiger partial charge is 0.247 e. The molecule has 4 heterocycles. The summed E-state index contributed by atoms with van der Waals surface area (Å²) in [5.41, 5.74) is 1.85. The van der Waals surface area contributed by atoms with Gasteiger partial charge >= 0.3 is 0 Å². The lowest BCUT2D eigenvalue weighted by atomic mass is 10.1. The minimum atomic E-state index is -0.338. The average molecular weight is 570 g/mol. The number of rotatable bonds is 5. The van der Waals surface area contributed by atoms with Crippen LogP contribution in [0, 0.1) is 0 Å². The van der Waals surface area contributed by atoms with Gasteiger partial charge in [-0.15, -0.1) is 0 Å². The van der Waals surface area contributed by atoms with Crippen LogP contribution >= 0.6 is 0 Å². The summed E-state index contributed by atoms with van der Waals surface area (Å²) in [6.45, 7) is 5.44. The van der Waals surface area contributed by atoms with E-state index in [-0.39, 0.29) is 17.9 Å². The van der Waals surface area contributed by atoms with E-state index in [1.807, 2.05) is 71.6 Å². The lowest BCUT2D eigenvalue weighted by Crippen LogP contribution is -2.40. The Morgan fingerprint density at radius 2 is 1.76 bits per heavy atom. The quantitative estimate of drug-likeness (QED) is 0.356. The summed E-state index contributed by atoms with van der Waals surface area (Å²) in [7, 11) is 0. The van der Waals surface area contributed by atoms with Crippen LogP contribution in [0.4, 0.5) is 0 Å². The van der Waals surface area contributed by atoms with Crippen molar-refractivity contribution in [3.8, 4) is 17.1 Å². The molecule has 0 N–H and O–H groups in total. The number of ether oxygens (including phenoxy) is 1. The molecule has 10 heteroatoms. The van der Waals surface area contributed by atoms with Gasteiger partial charge in [-0.05, 0) is 55.5 Å². The molecule has 1 unspecified atom stereocenters. The fourth-order valence-electron chi connectivity index (χ4n) is 5.42. The number of imidazole rings is 1. The highest BCUT2D eigenvalue weighted by molar-refractivity contribution is 5.80. The molecule has 1 atom stereocenters. The van der Waals surface area contributed by atoms with Crippen LogP contribution in [0.5, 0.6) is 5.75 Å². The molecule has 1 aliphatic rings. The Hall–Kier alpha value is -4.47. The summed E-state index contributed by atoms with van der Waals surface area (Å²) in [6, 6.07) is 13.2.